The summed E-state index contributed by atoms with van der Waals surface area (Å²) in [6.07, 6.45) is 3.27. The molecule has 0 aliphatic carbocycles. The van der Waals surface area contributed by atoms with Crippen LogP contribution in [0, 0.1) is 0 Å². The molecule has 1 aliphatic rings. The molecule has 3 rings (SSSR count). The maximum atomic E-state index is 5.80. The SMILES string of the molecule is c1ccc(CCC2(Cn3cnnn3)OCCO2)cc1. The van der Waals surface area contributed by atoms with Crippen LogP contribution >= 0.6 is 0 Å². The normalized spacial score (nSPS) is 17.7. The summed E-state index contributed by atoms with van der Waals surface area (Å²) in [5.41, 5.74) is 1.28. The van der Waals surface area contributed by atoms with Crippen molar-refractivity contribution in [3.8, 4) is 0 Å². The van der Waals surface area contributed by atoms with E-state index in [0.717, 1.165) is 12.8 Å². The predicted molar refractivity (Wildman–Crippen MR) is 67.2 cm³/mol. The second-order valence-electron chi connectivity index (χ2n) is 4.60. The summed E-state index contributed by atoms with van der Waals surface area (Å²) in [6.45, 7) is 1.76. The third kappa shape index (κ3) is 2.97. The Hall–Kier alpha value is -1.79. The van der Waals surface area contributed by atoms with E-state index in [1.165, 1.54) is 5.56 Å². The minimum absolute atomic E-state index is 0.521. The van der Waals surface area contributed by atoms with Crippen LogP contribution in [0.25, 0.3) is 0 Å². The van der Waals surface area contributed by atoms with Crippen molar-refractivity contribution in [1.29, 1.82) is 0 Å². The summed E-state index contributed by atoms with van der Waals surface area (Å²) < 4.78 is 13.2. The number of tetrazole rings is 1. The van der Waals surface area contributed by atoms with Gasteiger partial charge in [-0.25, -0.2) is 4.68 Å². The van der Waals surface area contributed by atoms with Crippen LogP contribution in [0.2, 0.25) is 0 Å². The lowest BCUT2D eigenvalue weighted by Gasteiger charge is -2.26. The number of aryl methyl sites for hydroxylation is 1. The van der Waals surface area contributed by atoms with E-state index >= 15 is 0 Å². The van der Waals surface area contributed by atoms with Crippen LogP contribution in [-0.2, 0) is 22.4 Å². The Bertz CT molecular complexity index is 495. The fraction of sp³-hybridized carbons (Fsp3) is 0.462. The zero-order valence-corrected chi connectivity index (χ0v) is 10.6. The molecule has 0 N–H and O–H groups in total. The van der Waals surface area contributed by atoms with E-state index in [4.69, 9.17) is 9.47 Å². The van der Waals surface area contributed by atoms with Gasteiger partial charge in [-0.05, 0) is 22.4 Å². The van der Waals surface area contributed by atoms with Crippen molar-refractivity contribution in [2.24, 2.45) is 0 Å². The molecule has 6 nitrogen and oxygen atoms in total. The lowest BCUT2D eigenvalue weighted by Crippen LogP contribution is -2.36. The highest BCUT2D eigenvalue weighted by Gasteiger charge is 2.37. The number of nitrogens with zero attached hydrogens (tertiary/aromatic N) is 4. The lowest BCUT2D eigenvalue weighted by atomic mass is 10.0. The lowest BCUT2D eigenvalue weighted by molar-refractivity contribution is -0.173. The molecule has 0 spiro atoms. The molecule has 100 valence electrons. The molecule has 2 heterocycles. The molecular weight excluding hydrogens is 244 g/mol. The summed E-state index contributed by atoms with van der Waals surface area (Å²) in [4.78, 5) is 0. The van der Waals surface area contributed by atoms with Gasteiger partial charge in [-0.1, -0.05) is 30.3 Å². The Labute approximate surface area is 111 Å². The van der Waals surface area contributed by atoms with E-state index in [0.29, 0.717) is 19.8 Å². The molecule has 0 unspecified atom stereocenters. The number of rotatable bonds is 5. The number of hydrogen-bond acceptors (Lipinski definition) is 5. The first-order chi connectivity index (χ1) is 9.36. The molecule has 19 heavy (non-hydrogen) atoms. The summed E-state index contributed by atoms with van der Waals surface area (Å²) in [6, 6.07) is 10.3. The van der Waals surface area contributed by atoms with Crippen molar-refractivity contribution >= 4 is 0 Å². The van der Waals surface area contributed by atoms with Crippen molar-refractivity contribution in [2.75, 3.05) is 13.2 Å². The van der Waals surface area contributed by atoms with Gasteiger partial charge < -0.3 is 9.47 Å². The predicted octanol–water partition coefficient (Wildman–Crippen LogP) is 1.05. The first-order valence-electron chi connectivity index (χ1n) is 6.39. The number of benzene rings is 1. The minimum atomic E-state index is -0.606. The van der Waals surface area contributed by atoms with E-state index in [1.54, 1.807) is 11.0 Å². The van der Waals surface area contributed by atoms with Gasteiger partial charge in [0.2, 0.25) is 0 Å². The van der Waals surface area contributed by atoms with Gasteiger partial charge in [0, 0.05) is 6.42 Å². The molecule has 0 saturated carbocycles. The third-order valence-electron chi connectivity index (χ3n) is 3.25. The number of hydrogen-bond donors (Lipinski definition) is 0. The average molecular weight is 260 g/mol. The summed E-state index contributed by atoms with van der Waals surface area (Å²) in [7, 11) is 0. The van der Waals surface area contributed by atoms with Gasteiger partial charge >= 0.3 is 0 Å². The van der Waals surface area contributed by atoms with Crippen LogP contribution in [0.1, 0.15) is 12.0 Å². The molecule has 1 saturated heterocycles. The van der Waals surface area contributed by atoms with Gasteiger partial charge in [0.1, 0.15) is 6.33 Å². The molecule has 0 amide bonds. The quantitative estimate of drug-likeness (QED) is 0.804. The standard InChI is InChI=1S/C13H16N4O2/c1-2-4-12(5-3-1)6-7-13(18-8-9-19-13)10-17-11-14-15-16-17/h1-5,11H,6-10H2. The van der Waals surface area contributed by atoms with Gasteiger partial charge in [0.15, 0.2) is 5.79 Å². The van der Waals surface area contributed by atoms with E-state index in [9.17, 15) is 0 Å². The van der Waals surface area contributed by atoms with Gasteiger partial charge in [-0.15, -0.1) is 5.10 Å². The Kier molecular flexibility index (Phi) is 3.52. The molecule has 1 fully saturated rings. The Morgan fingerprint density at radius 1 is 1.16 bits per heavy atom. The zero-order valence-electron chi connectivity index (χ0n) is 10.6. The van der Waals surface area contributed by atoms with Crippen LogP contribution in [-0.4, -0.2) is 39.2 Å². The highest BCUT2D eigenvalue weighted by Crippen LogP contribution is 2.27. The molecule has 0 bridgehead atoms. The monoisotopic (exact) mass is 260 g/mol. The van der Waals surface area contributed by atoms with Crippen LogP contribution in [0.15, 0.2) is 36.7 Å². The average Bonchev–Trinajstić information content (AvgIpc) is 3.11. The summed E-state index contributed by atoms with van der Waals surface area (Å²) >= 11 is 0. The number of ether oxygens (including phenoxy) is 2. The van der Waals surface area contributed by atoms with Crippen LogP contribution in [0.5, 0.6) is 0 Å². The third-order valence-corrected chi connectivity index (χ3v) is 3.25. The molecule has 0 radical (unpaired) electrons. The molecule has 2 aromatic rings. The van der Waals surface area contributed by atoms with Gasteiger partial charge in [0.25, 0.3) is 0 Å². The molecule has 1 aliphatic heterocycles. The van der Waals surface area contributed by atoms with E-state index in [2.05, 4.69) is 27.7 Å². The van der Waals surface area contributed by atoms with Crippen molar-refractivity contribution in [3.05, 3.63) is 42.2 Å². The largest absolute Gasteiger partial charge is 0.346 e. The van der Waals surface area contributed by atoms with Crippen LogP contribution in [0.4, 0.5) is 0 Å². The fourth-order valence-electron chi connectivity index (χ4n) is 2.29. The van der Waals surface area contributed by atoms with E-state index in [-0.39, 0.29) is 0 Å². The molecule has 1 aromatic heterocycles. The van der Waals surface area contributed by atoms with Gasteiger partial charge in [-0.2, -0.15) is 0 Å². The van der Waals surface area contributed by atoms with E-state index < -0.39 is 5.79 Å². The van der Waals surface area contributed by atoms with Crippen molar-refractivity contribution < 1.29 is 9.47 Å². The van der Waals surface area contributed by atoms with Crippen LogP contribution < -0.4 is 0 Å². The Morgan fingerprint density at radius 2 is 1.95 bits per heavy atom. The second kappa shape index (κ2) is 5.46. The second-order valence-corrected chi connectivity index (χ2v) is 4.60. The highest BCUT2D eigenvalue weighted by molar-refractivity contribution is 5.14. The van der Waals surface area contributed by atoms with Crippen molar-refractivity contribution in [1.82, 2.24) is 20.2 Å². The van der Waals surface area contributed by atoms with Crippen molar-refractivity contribution in [3.63, 3.8) is 0 Å². The molecule has 0 atom stereocenters. The smallest absolute Gasteiger partial charge is 0.188 e. The molecule has 1 aromatic carbocycles. The number of aromatic nitrogens is 4. The summed E-state index contributed by atoms with van der Waals surface area (Å²) in [5.74, 6) is -0.606. The topological polar surface area (TPSA) is 62.1 Å². The maximum absolute atomic E-state index is 5.80. The maximum Gasteiger partial charge on any atom is 0.188 e. The molecular formula is C13H16N4O2. The first kappa shape index (κ1) is 12.3. The zero-order chi connectivity index (χ0) is 13.0. The molecule has 6 heteroatoms. The highest BCUT2D eigenvalue weighted by atomic mass is 16.7. The Morgan fingerprint density at radius 3 is 2.63 bits per heavy atom. The fourth-order valence-corrected chi connectivity index (χ4v) is 2.29. The minimum Gasteiger partial charge on any atom is -0.346 e. The Balaban J connectivity index is 1.67. The van der Waals surface area contributed by atoms with Crippen molar-refractivity contribution in [2.45, 2.75) is 25.2 Å². The van der Waals surface area contributed by atoms with Gasteiger partial charge in [0.05, 0.1) is 19.8 Å². The van der Waals surface area contributed by atoms with E-state index in [1.807, 2.05) is 18.2 Å². The first-order valence-corrected chi connectivity index (χ1v) is 6.39. The van der Waals surface area contributed by atoms with Crippen LogP contribution in [0.3, 0.4) is 0 Å². The summed E-state index contributed by atoms with van der Waals surface area (Å²) in [5, 5.41) is 11.1. The van der Waals surface area contributed by atoms with Gasteiger partial charge in [-0.3, -0.25) is 0 Å².